The van der Waals surface area contributed by atoms with Crippen LogP contribution in [0.2, 0.25) is 5.02 Å². The van der Waals surface area contributed by atoms with Gasteiger partial charge in [0.2, 0.25) is 0 Å². The minimum absolute atomic E-state index is 0.00289. The second-order valence-corrected chi connectivity index (χ2v) is 24.9. The van der Waals surface area contributed by atoms with E-state index in [-0.39, 0.29) is 40.3 Å². The molecule has 3 heterocycles. The van der Waals surface area contributed by atoms with Crippen LogP contribution in [0.4, 0.5) is 15.9 Å². The molecule has 22 nitrogen and oxygen atoms in total. The molecule has 4 fully saturated rings. The van der Waals surface area contributed by atoms with Crippen molar-refractivity contribution in [3.05, 3.63) is 166 Å². The van der Waals surface area contributed by atoms with E-state index in [1.54, 1.807) is 106 Å². The summed E-state index contributed by atoms with van der Waals surface area (Å²) in [5.74, 6) is -5.53. The van der Waals surface area contributed by atoms with Gasteiger partial charge in [0.15, 0.2) is 35.1 Å². The quantitative estimate of drug-likeness (QED) is 0.0236. The van der Waals surface area contributed by atoms with Crippen molar-refractivity contribution in [1.29, 1.82) is 0 Å². The molecule has 1 aromatic heterocycles. The molecule has 6 aromatic rings. The number of benzene rings is 5. The number of ketones is 1. The molecule has 93 heavy (non-hydrogen) atoms. The minimum Gasteiger partial charge on any atom is -0.493 e. The number of anilines is 2. The van der Waals surface area contributed by atoms with E-state index < -0.39 is 118 Å². The number of carbonyl (C=O) groups is 6. The summed E-state index contributed by atoms with van der Waals surface area (Å²) in [6, 6.07) is 31.0. The lowest BCUT2D eigenvalue weighted by Crippen LogP contribution is -2.82. The SMILES string of the molecule is CC(=O)O[C@H]1C(=O)[C@@]2(C)[C@H]([C@H](OC(=O)c3ccccc3)[C@]3(O)C[C@H](OC(=O)[C@H](O)[C@@H](NC(=O)c4ccccc4)c4ccccc4)C(C)=C1C3(C)C)[C@]1(OC(C)=O)CO[C@@H]1C[C@@H]2O.COc1cc2ncnc(Nc3ccc(F)c(Cl)c3)c2cc1OCCCN1CCOCC1. The van der Waals surface area contributed by atoms with Gasteiger partial charge in [-0.15, -0.1) is 0 Å². The molecule has 5 aliphatic rings. The number of esters is 4. The van der Waals surface area contributed by atoms with E-state index in [1.165, 1.54) is 44.4 Å². The number of Topliss-reactive ketones (excluding diaryl/α,β-unsaturated/α-hetero) is 1. The number of ether oxygens (including phenoxy) is 8. The largest absolute Gasteiger partial charge is 0.493 e. The summed E-state index contributed by atoms with van der Waals surface area (Å²) in [7, 11) is 1.60. The van der Waals surface area contributed by atoms with Gasteiger partial charge < -0.3 is 63.8 Å². The number of nitrogens with zero attached hydrogens (tertiary/aromatic N) is 3. The van der Waals surface area contributed by atoms with Crippen LogP contribution in [-0.4, -0.2) is 167 Å². The molecule has 2 saturated carbocycles. The maximum Gasteiger partial charge on any atom is 0.338 e. The second kappa shape index (κ2) is 28.0. The Kier molecular flexibility index (Phi) is 20.3. The van der Waals surface area contributed by atoms with Crippen molar-refractivity contribution in [2.75, 3.05) is 58.5 Å². The van der Waals surface area contributed by atoms with E-state index in [1.807, 2.05) is 12.1 Å². The normalized spacial score (nSPS) is 26.1. The van der Waals surface area contributed by atoms with Crippen molar-refractivity contribution in [1.82, 2.24) is 20.2 Å². The zero-order chi connectivity index (χ0) is 66.6. The molecular formula is C69H75ClFN5O17. The Morgan fingerprint density at radius 1 is 0.849 bits per heavy atom. The predicted molar refractivity (Wildman–Crippen MR) is 336 cm³/mol. The number of halogens is 2. The summed E-state index contributed by atoms with van der Waals surface area (Å²) in [5.41, 5.74) is -5.70. The first kappa shape index (κ1) is 67.5. The number of fused-ring (bicyclic) bond motifs is 6. The molecule has 2 saturated heterocycles. The molecule has 0 spiro atoms. The molecule has 2 bridgehead atoms. The average molecular weight is 1300 g/mol. The topological polar surface area (TPSA) is 290 Å². The number of morpholine rings is 1. The Hall–Kier alpha value is -8.42. The Morgan fingerprint density at radius 2 is 1.52 bits per heavy atom. The van der Waals surface area contributed by atoms with E-state index in [0.29, 0.717) is 40.7 Å². The highest BCUT2D eigenvalue weighted by atomic mass is 35.5. The standard InChI is InChI=1S/C47H51NO14.C22H24ClFN4O3/c1-25-31(60-43(56)36(52)35(28-16-10-7-11-17-28)48-41(54)29-18-12-8-13-19-29)23-47(57)40(61-42(55)30-20-14-9-15-21-30)38-45(6,32(51)22-33-46(38,24-58-33)62-27(3)50)39(53)37(59-26(2)49)34(25)44(47,4)5;1-29-20-13-19-16(12-21(20)31-8-2-5-28-6-9-30-10-7-28)22(26-14-25-19)27-15-3-4-18(24)17(23)11-15/h7-21,31-33,35-38,40,51-52,57H,22-24H2,1-6H3,(H,48,54);3-4,11-14H,2,5-10H2,1H3,(H,25,26,27)/t31-,32-,33+,35-,36+,37+,38-,40-,45+,46-,47+;/m0./s1. The lowest BCUT2D eigenvalue weighted by Gasteiger charge is -2.67. The first-order valence-corrected chi connectivity index (χ1v) is 31.0. The molecular weight excluding hydrogens is 1230 g/mol. The fraction of sp³-hybridized carbons (Fsp3) is 0.420. The Morgan fingerprint density at radius 3 is 2.14 bits per heavy atom. The van der Waals surface area contributed by atoms with Gasteiger partial charge in [0, 0.05) is 74.4 Å². The van der Waals surface area contributed by atoms with Crippen molar-refractivity contribution >= 4 is 69.6 Å². The molecule has 0 unspecified atom stereocenters. The van der Waals surface area contributed by atoms with E-state index >= 15 is 4.79 Å². The number of aliphatic hydroxyl groups is 3. The van der Waals surface area contributed by atoms with Crippen molar-refractivity contribution in [3.8, 4) is 11.5 Å². The Labute approximate surface area is 541 Å². The number of hydrogen-bond donors (Lipinski definition) is 5. The van der Waals surface area contributed by atoms with Crippen molar-refractivity contribution in [3.63, 3.8) is 0 Å². The van der Waals surface area contributed by atoms with Gasteiger partial charge in [0.25, 0.3) is 5.91 Å². The molecule has 11 atom stereocenters. The summed E-state index contributed by atoms with van der Waals surface area (Å²) < 4.78 is 60.6. The van der Waals surface area contributed by atoms with Gasteiger partial charge >= 0.3 is 23.9 Å². The van der Waals surface area contributed by atoms with Crippen LogP contribution < -0.4 is 20.1 Å². The third-order valence-corrected chi connectivity index (χ3v) is 18.9. The Bertz CT molecular complexity index is 3790. The van der Waals surface area contributed by atoms with Crippen molar-refractivity contribution in [2.24, 2.45) is 16.7 Å². The van der Waals surface area contributed by atoms with Gasteiger partial charge in [0.05, 0.1) is 73.1 Å². The highest BCUT2D eigenvalue weighted by molar-refractivity contribution is 6.31. The number of rotatable bonds is 18. The first-order valence-electron chi connectivity index (χ1n) is 30.6. The van der Waals surface area contributed by atoms with E-state index in [0.717, 1.165) is 58.5 Å². The summed E-state index contributed by atoms with van der Waals surface area (Å²) in [6.45, 7) is 13.0. The summed E-state index contributed by atoms with van der Waals surface area (Å²) in [5, 5.41) is 44.2. The third-order valence-electron chi connectivity index (χ3n) is 18.6. The van der Waals surface area contributed by atoms with Crippen LogP contribution in [0.25, 0.3) is 10.9 Å². The van der Waals surface area contributed by atoms with Crippen LogP contribution in [0.3, 0.4) is 0 Å². The van der Waals surface area contributed by atoms with Gasteiger partial charge in [-0.3, -0.25) is 24.1 Å². The minimum atomic E-state index is -2.39. The van der Waals surface area contributed by atoms with Crippen LogP contribution in [0, 0.1) is 22.6 Å². The fourth-order valence-electron chi connectivity index (χ4n) is 13.6. The van der Waals surface area contributed by atoms with Gasteiger partial charge in [-0.25, -0.2) is 23.9 Å². The number of nitrogens with one attached hydrogen (secondary N) is 2. The lowest BCUT2D eigenvalue weighted by molar-refractivity contribution is -0.346. The number of carbonyl (C=O) groups excluding carboxylic acids is 6. The third kappa shape index (κ3) is 13.6. The number of aromatic nitrogens is 2. The summed E-state index contributed by atoms with van der Waals surface area (Å²) >= 11 is 5.90. The van der Waals surface area contributed by atoms with Crippen molar-refractivity contribution in [2.45, 2.75) is 115 Å². The highest BCUT2D eigenvalue weighted by Gasteiger charge is 2.78. The van der Waals surface area contributed by atoms with Crippen LogP contribution in [0.15, 0.2) is 139 Å². The first-order chi connectivity index (χ1) is 44.4. The van der Waals surface area contributed by atoms with Gasteiger partial charge in [-0.05, 0) is 85.5 Å². The predicted octanol–water partition coefficient (Wildman–Crippen LogP) is 8.01. The zero-order valence-electron chi connectivity index (χ0n) is 52.5. The van der Waals surface area contributed by atoms with E-state index in [4.69, 9.17) is 49.5 Å². The molecule has 3 aliphatic carbocycles. The molecule has 1 amide bonds. The Balaban J connectivity index is 0.000000254. The van der Waals surface area contributed by atoms with E-state index in [9.17, 15) is 43.7 Å². The van der Waals surface area contributed by atoms with Crippen LogP contribution in [0.1, 0.15) is 93.1 Å². The number of methoxy groups -OCH3 is 1. The van der Waals surface area contributed by atoms with Crippen LogP contribution in [-0.2, 0) is 47.6 Å². The number of amides is 1. The fourth-order valence-corrected chi connectivity index (χ4v) is 13.8. The lowest BCUT2D eigenvalue weighted by atomic mass is 9.44. The molecule has 24 heteroatoms. The van der Waals surface area contributed by atoms with Crippen LogP contribution >= 0.6 is 11.6 Å². The molecule has 2 aliphatic heterocycles. The zero-order valence-corrected chi connectivity index (χ0v) is 53.2. The van der Waals surface area contributed by atoms with E-state index in [2.05, 4.69) is 25.5 Å². The highest BCUT2D eigenvalue weighted by Crippen LogP contribution is 2.64. The van der Waals surface area contributed by atoms with Gasteiger partial charge in [-0.1, -0.05) is 92.2 Å². The average Bonchev–Trinajstić information content (AvgIpc) is 0.670. The maximum absolute atomic E-state index is 15.5. The molecule has 0 radical (unpaired) electrons. The molecule has 11 rings (SSSR count). The second-order valence-electron chi connectivity index (χ2n) is 24.5. The van der Waals surface area contributed by atoms with Gasteiger partial charge in [-0.2, -0.15) is 0 Å². The van der Waals surface area contributed by atoms with Crippen LogP contribution in [0.5, 0.6) is 11.5 Å². The summed E-state index contributed by atoms with van der Waals surface area (Å²) in [6.07, 6.45) is -8.16. The van der Waals surface area contributed by atoms with Crippen molar-refractivity contribution < 1.29 is 86.4 Å². The molecule has 492 valence electrons. The number of aliphatic hydroxyl groups excluding tert-OH is 2. The summed E-state index contributed by atoms with van der Waals surface area (Å²) in [4.78, 5) is 94.5. The monoisotopic (exact) mass is 1300 g/mol. The number of hydrogen-bond acceptors (Lipinski definition) is 21. The smallest absolute Gasteiger partial charge is 0.338 e. The van der Waals surface area contributed by atoms with Gasteiger partial charge in [0.1, 0.15) is 41.9 Å². The molecule has 5 aromatic carbocycles. The molecule has 5 N–H and O–H groups in total. The maximum atomic E-state index is 15.5.